The molecule has 0 unspecified atom stereocenters. The van der Waals surface area contributed by atoms with E-state index in [0.29, 0.717) is 5.46 Å². The van der Waals surface area contributed by atoms with Crippen molar-refractivity contribution in [2.75, 3.05) is 0 Å². The topological polar surface area (TPSA) is 40.5 Å². The molecule has 0 aromatic heterocycles. The summed E-state index contributed by atoms with van der Waals surface area (Å²) >= 11 is 0. The molecule has 3 aromatic carbocycles. The lowest BCUT2D eigenvalue weighted by atomic mass is 9.78. The van der Waals surface area contributed by atoms with Crippen LogP contribution in [0.25, 0.3) is 22.3 Å². The van der Waals surface area contributed by atoms with Gasteiger partial charge in [-0.25, -0.2) is 0 Å². The van der Waals surface area contributed by atoms with Gasteiger partial charge in [-0.15, -0.1) is 0 Å². The third-order valence-electron chi connectivity index (χ3n) is 3.51. The highest BCUT2D eigenvalue weighted by atomic mass is 16.4. The Labute approximate surface area is 124 Å². The second-order valence-corrected chi connectivity index (χ2v) is 4.91. The van der Waals surface area contributed by atoms with Gasteiger partial charge in [0.25, 0.3) is 0 Å². The molecule has 3 heteroatoms. The monoisotopic (exact) mass is 274 g/mol. The highest BCUT2D eigenvalue weighted by Crippen LogP contribution is 2.31. The van der Waals surface area contributed by atoms with E-state index in [1.807, 2.05) is 54.6 Å². The first kappa shape index (κ1) is 13.6. The first-order valence-corrected chi connectivity index (χ1v) is 6.86. The average molecular weight is 274 g/mol. The molecule has 0 fully saturated rings. The Morgan fingerprint density at radius 1 is 0.571 bits per heavy atom. The van der Waals surface area contributed by atoms with Crippen LogP contribution in [0.4, 0.5) is 0 Å². The molecule has 0 heterocycles. The van der Waals surface area contributed by atoms with E-state index in [1.54, 1.807) is 6.07 Å². The van der Waals surface area contributed by atoms with Crippen molar-refractivity contribution in [3.8, 4) is 22.3 Å². The lowest BCUT2D eigenvalue weighted by molar-refractivity contribution is 0.426. The molecule has 0 aliphatic heterocycles. The normalized spacial score (nSPS) is 10.4. The summed E-state index contributed by atoms with van der Waals surface area (Å²) in [5.41, 5.74) is 4.81. The van der Waals surface area contributed by atoms with Crippen LogP contribution in [-0.4, -0.2) is 17.2 Å². The average Bonchev–Trinajstić information content (AvgIpc) is 2.56. The smallest absolute Gasteiger partial charge is 0.423 e. The van der Waals surface area contributed by atoms with Crippen molar-refractivity contribution in [1.29, 1.82) is 0 Å². The van der Waals surface area contributed by atoms with Gasteiger partial charge in [0, 0.05) is 0 Å². The van der Waals surface area contributed by atoms with Gasteiger partial charge >= 0.3 is 7.12 Å². The Morgan fingerprint density at radius 3 is 1.81 bits per heavy atom. The van der Waals surface area contributed by atoms with Gasteiger partial charge in [0.15, 0.2) is 0 Å². The van der Waals surface area contributed by atoms with Gasteiger partial charge in [0.05, 0.1) is 0 Å². The molecular formula is C18H15BO2. The molecule has 3 aromatic rings. The summed E-state index contributed by atoms with van der Waals surface area (Å²) in [4.78, 5) is 0. The minimum Gasteiger partial charge on any atom is -0.423 e. The summed E-state index contributed by atoms with van der Waals surface area (Å²) in [6, 6.07) is 25.6. The summed E-state index contributed by atoms with van der Waals surface area (Å²) in [5, 5.41) is 18.7. The number of benzene rings is 3. The molecule has 2 N–H and O–H groups in total. The Balaban J connectivity index is 2.14. The van der Waals surface area contributed by atoms with Crippen molar-refractivity contribution in [2.24, 2.45) is 0 Å². The van der Waals surface area contributed by atoms with Crippen LogP contribution in [0.15, 0.2) is 78.9 Å². The van der Waals surface area contributed by atoms with E-state index in [-0.39, 0.29) is 0 Å². The van der Waals surface area contributed by atoms with E-state index in [2.05, 4.69) is 18.2 Å². The Hall–Kier alpha value is -2.36. The van der Waals surface area contributed by atoms with Gasteiger partial charge in [-0.3, -0.25) is 0 Å². The highest BCUT2D eigenvalue weighted by molar-refractivity contribution is 6.58. The Kier molecular flexibility index (Phi) is 3.86. The maximum absolute atomic E-state index is 9.34. The Morgan fingerprint density at radius 2 is 1.14 bits per heavy atom. The molecule has 0 radical (unpaired) electrons. The lowest BCUT2D eigenvalue weighted by Gasteiger charge is -2.11. The number of hydrogen-bond acceptors (Lipinski definition) is 2. The zero-order valence-corrected chi connectivity index (χ0v) is 11.5. The molecule has 2 nitrogen and oxygen atoms in total. The quantitative estimate of drug-likeness (QED) is 0.721. The summed E-state index contributed by atoms with van der Waals surface area (Å²) in [7, 11) is -1.45. The lowest BCUT2D eigenvalue weighted by Crippen LogP contribution is -2.29. The highest BCUT2D eigenvalue weighted by Gasteiger charge is 2.13. The molecule has 0 atom stereocenters. The summed E-state index contributed by atoms with van der Waals surface area (Å²) in [6.45, 7) is 0. The van der Waals surface area contributed by atoms with Crippen molar-refractivity contribution < 1.29 is 10.0 Å². The Bertz CT molecular complexity index is 739. The van der Waals surface area contributed by atoms with Gasteiger partial charge in [-0.05, 0) is 27.7 Å². The largest absolute Gasteiger partial charge is 0.488 e. The second kappa shape index (κ2) is 5.96. The van der Waals surface area contributed by atoms with Gasteiger partial charge < -0.3 is 10.0 Å². The van der Waals surface area contributed by atoms with E-state index in [0.717, 1.165) is 22.3 Å². The third-order valence-corrected chi connectivity index (χ3v) is 3.51. The summed E-state index contributed by atoms with van der Waals surface area (Å²) < 4.78 is 0. The molecule has 0 saturated heterocycles. The minimum atomic E-state index is -1.45. The first-order chi connectivity index (χ1) is 10.3. The van der Waals surface area contributed by atoms with Crippen LogP contribution in [0.1, 0.15) is 0 Å². The van der Waals surface area contributed by atoms with Gasteiger partial charge in [-0.1, -0.05) is 78.9 Å². The molecule has 21 heavy (non-hydrogen) atoms. The molecular weight excluding hydrogens is 259 g/mol. The third kappa shape index (κ3) is 2.89. The van der Waals surface area contributed by atoms with E-state index < -0.39 is 7.12 Å². The molecule has 3 rings (SSSR count). The molecule has 0 saturated carbocycles. The molecule has 0 bridgehead atoms. The second-order valence-electron chi connectivity index (χ2n) is 4.91. The zero-order valence-electron chi connectivity index (χ0n) is 11.5. The van der Waals surface area contributed by atoms with E-state index in [9.17, 15) is 10.0 Å². The zero-order chi connectivity index (χ0) is 14.7. The standard InChI is InChI=1S/C18H15BO2/c20-19(21)16-10-6-9-15(13-16)18-12-5-4-11-17(18)14-7-2-1-3-8-14/h1-13,20-21H. The fourth-order valence-corrected chi connectivity index (χ4v) is 2.47. The van der Waals surface area contributed by atoms with Crippen LogP contribution in [-0.2, 0) is 0 Å². The van der Waals surface area contributed by atoms with Crippen molar-refractivity contribution in [1.82, 2.24) is 0 Å². The molecule has 0 amide bonds. The van der Waals surface area contributed by atoms with Crippen LogP contribution in [0.3, 0.4) is 0 Å². The van der Waals surface area contributed by atoms with Crippen molar-refractivity contribution >= 4 is 12.6 Å². The van der Waals surface area contributed by atoms with E-state index in [4.69, 9.17) is 0 Å². The van der Waals surface area contributed by atoms with E-state index in [1.165, 1.54) is 0 Å². The molecule has 0 aliphatic rings. The predicted molar refractivity (Wildman–Crippen MR) is 87.1 cm³/mol. The summed E-state index contributed by atoms with van der Waals surface area (Å²) in [6.07, 6.45) is 0. The van der Waals surface area contributed by atoms with Crippen LogP contribution in [0, 0.1) is 0 Å². The van der Waals surface area contributed by atoms with Crippen LogP contribution >= 0.6 is 0 Å². The number of rotatable bonds is 3. The summed E-state index contributed by atoms with van der Waals surface area (Å²) in [5.74, 6) is 0. The predicted octanol–water partition coefficient (Wildman–Crippen LogP) is 2.70. The van der Waals surface area contributed by atoms with E-state index >= 15 is 0 Å². The fraction of sp³-hybridized carbons (Fsp3) is 0. The maximum Gasteiger partial charge on any atom is 0.488 e. The van der Waals surface area contributed by atoms with Crippen LogP contribution in [0.2, 0.25) is 0 Å². The van der Waals surface area contributed by atoms with Gasteiger partial charge in [-0.2, -0.15) is 0 Å². The molecule has 0 aliphatic carbocycles. The fourth-order valence-electron chi connectivity index (χ4n) is 2.47. The van der Waals surface area contributed by atoms with Crippen LogP contribution < -0.4 is 5.46 Å². The number of hydrogen-bond donors (Lipinski definition) is 2. The molecule has 102 valence electrons. The minimum absolute atomic E-state index is 0.496. The maximum atomic E-state index is 9.34. The van der Waals surface area contributed by atoms with Crippen LogP contribution in [0.5, 0.6) is 0 Å². The van der Waals surface area contributed by atoms with Crippen molar-refractivity contribution in [3.63, 3.8) is 0 Å². The van der Waals surface area contributed by atoms with Crippen molar-refractivity contribution in [3.05, 3.63) is 78.9 Å². The first-order valence-electron chi connectivity index (χ1n) is 6.86. The van der Waals surface area contributed by atoms with Gasteiger partial charge in [0.1, 0.15) is 0 Å². The SMILES string of the molecule is OB(O)c1cccc(-c2ccccc2-c2ccccc2)c1. The molecule has 0 spiro atoms. The van der Waals surface area contributed by atoms with Crippen molar-refractivity contribution in [2.45, 2.75) is 0 Å². The van der Waals surface area contributed by atoms with Gasteiger partial charge in [0.2, 0.25) is 0 Å².